The van der Waals surface area contributed by atoms with E-state index in [1.165, 1.54) is 10.9 Å². The Hall–Kier alpha value is -2.96. The zero-order chi connectivity index (χ0) is 19.0. The molecule has 0 aromatic carbocycles. The number of nitrogens with zero attached hydrogens (tertiary/aromatic N) is 3. The van der Waals surface area contributed by atoms with E-state index in [0.717, 1.165) is 0 Å². The Kier molecular flexibility index (Phi) is 4.63. The highest BCUT2D eigenvalue weighted by Crippen LogP contribution is 2.35. The van der Waals surface area contributed by atoms with Crippen molar-refractivity contribution < 1.29 is 24.6 Å². The summed E-state index contributed by atoms with van der Waals surface area (Å²) < 4.78 is 7.03. The molecule has 1 saturated heterocycles. The molecule has 0 aliphatic carbocycles. The molecule has 0 radical (unpaired) electrons. The van der Waals surface area contributed by atoms with Gasteiger partial charge in [0, 0.05) is 0 Å². The predicted molar refractivity (Wildman–Crippen MR) is 87.1 cm³/mol. The maximum atomic E-state index is 11.9. The number of aliphatic hydroxyl groups is 2. The van der Waals surface area contributed by atoms with Gasteiger partial charge in [0.1, 0.15) is 18.3 Å². The molecule has 12 heteroatoms. The van der Waals surface area contributed by atoms with Gasteiger partial charge in [-0.2, -0.15) is 10.5 Å². The molecule has 2 aromatic rings. The molecule has 0 spiro atoms. The maximum absolute atomic E-state index is 11.9. The maximum Gasteiger partial charge on any atom is 0.280 e. The lowest BCUT2D eigenvalue weighted by Crippen LogP contribution is -2.34. The van der Waals surface area contributed by atoms with E-state index >= 15 is 0 Å². The first-order valence-corrected chi connectivity index (χ1v) is 7.62. The first-order valence-electron chi connectivity index (χ1n) is 7.62. The molecule has 1 aliphatic rings. The summed E-state index contributed by atoms with van der Waals surface area (Å²) in [4.78, 5) is 37.7. The van der Waals surface area contributed by atoms with Crippen LogP contribution in [-0.4, -0.2) is 54.5 Å². The molecular weight excluding hydrogens is 348 g/mol. The van der Waals surface area contributed by atoms with E-state index < -0.39 is 30.1 Å². The number of imidazole rings is 1. The van der Waals surface area contributed by atoms with Crippen LogP contribution in [0, 0.1) is 0 Å². The third-order valence-corrected chi connectivity index (χ3v) is 3.93. The van der Waals surface area contributed by atoms with Gasteiger partial charge in [-0.05, 0) is 19.4 Å². The number of nitrogens with one attached hydrogen (secondary N) is 2. The number of allylic oxidation sites excluding steroid dienone is 1. The first kappa shape index (κ1) is 17.8. The first-order chi connectivity index (χ1) is 12.3. The number of anilines is 1. The molecule has 0 saturated carbocycles. The average Bonchev–Trinajstić information content (AvgIpc) is 3.11. The lowest BCUT2D eigenvalue weighted by molar-refractivity contribution is -0.120. The Bertz CT molecular complexity index is 916. The second-order valence-electron chi connectivity index (χ2n) is 5.91. The number of fused-ring (bicyclic) bond motifs is 1. The fraction of sp³-hybridized carbons (Fsp3) is 0.429. The molecule has 0 bridgehead atoms. The number of hydrogen-bond acceptors (Lipinski definition) is 9. The van der Waals surface area contributed by atoms with Crippen LogP contribution in [0.4, 0.5) is 5.95 Å². The van der Waals surface area contributed by atoms with E-state index in [0.29, 0.717) is 12.0 Å². The second kappa shape index (κ2) is 6.74. The summed E-state index contributed by atoms with van der Waals surface area (Å²) in [5.41, 5.74) is 7.76. The van der Waals surface area contributed by atoms with E-state index in [-0.39, 0.29) is 22.9 Å². The van der Waals surface area contributed by atoms with Crippen LogP contribution in [0.5, 0.6) is 0 Å². The van der Waals surface area contributed by atoms with Crippen molar-refractivity contribution >= 4 is 23.5 Å². The zero-order valence-electron chi connectivity index (χ0n) is 13.9. The third kappa shape index (κ3) is 2.89. The number of aromatic amines is 1. The quantitative estimate of drug-likeness (QED) is 0.234. The van der Waals surface area contributed by atoms with Crippen molar-refractivity contribution in [2.75, 3.05) is 5.73 Å². The van der Waals surface area contributed by atoms with E-state index in [2.05, 4.69) is 15.0 Å². The summed E-state index contributed by atoms with van der Waals surface area (Å²) in [6.45, 7) is 3.37. The van der Waals surface area contributed by atoms with Crippen LogP contribution in [-0.2, 0) is 14.4 Å². The topological polar surface area (TPSA) is 178 Å². The van der Waals surface area contributed by atoms with Gasteiger partial charge in [-0.15, -0.1) is 0 Å². The highest BCUT2D eigenvalue weighted by atomic mass is 16.7. The lowest BCUT2D eigenvalue weighted by atomic mass is 10.1. The number of carbonyl (C=O) groups excluding carboxylic acids is 1. The van der Waals surface area contributed by atoms with Crippen molar-refractivity contribution in [3.05, 3.63) is 28.0 Å². The van der Waals surface area contributed by atoms with Crippen LogP contribution in [0.15, 0.2) is 22.5 Å². The zero-order valence-corrected chi connectivity index (χ0v) is 13.9. The Labute approximate surface area is 146 Å². The van der Waals surface area contributed by atoms with Crippen molar-refractivity contribution in [1.82, 2.24) is 25.0 Å². The van der Waals surface area contributed by atoms with Crippen LogP contribution in [0.3, 0.4) is 0 Å². The number of amides is 1. The third-order valence-electron chi connectivity index (χ3n) is 3.93. The SMILES string of the molecule is CC(C)=C(ONC=O)[C@H]1O[C@@H](n2cnc3c(=O)[nH]c(N)nc32)[C@H](O)[C@@H]1O. The minimum atomic E-state index is -1.38. The summed E-state index contributed by atoms with van der Waals surface area (Å²) in [7, 11) is 0. The number of carbonyl (C=O) groups is 1. The number of nitrogen functional groups attached to an aromatic ring is 1. The van der Waals surface area contributed by atoms with E-state index in [1.54, 1.807) is 13.8 Å². The Morgan fingerprint density at radius 1 is 1.46 bits per heavy atom. The fourth-order valence-electron chi connectivity index (χ4n) is 2.77. The Morgan fingerprint density at radius 3 is 2.85 bits per heavy atom. The van der Waals surface area contributed by atoms with Gasteiger partial charge in [0.25, 0.3) is 5.56 Å². The molecule has 0 unspecified atom stereocenters. The molecule has 4 atom stereocenters. The van der Waals surface area contributed by atoms with Crippen molar-refractivity contribution in [3.63, 3.8) is 0 Å². The highest BCUT2D eigenvalue weighted by molar-refractivity contribution is 5.70. The van der Waals surface area contributed by atoms with Crippen LogP contribution < -0.4 is 16.8 Å². The van der Waals surface area contributed by atoms with Gasteiger partial charge >= 0.3 is 0 Å². The molecule has 3 heterocycles. The molecule has 2 aromatic heterocycles. The van der Waals surface area contributed by atoms with Crippen molar-refractivity contribution in [2.24, 2.45) is 0 Å². The summed E-state index contributed by atoms with van der Waals surface area (Å²) >= 11 is 0. The number of aliphatic hydroxyl groups excluding tert-OH is 2. The van der Waals surface area contributed by atoms with Crippen LogP contribution in [0.1, 0.15) is 20.1 Å². The molecule has 3 rings (SSSR count). The van der Waals surface area contributed by atoms with E-state index in [1.807, 2.05) is 5.48 Å². The summed E-state index contributed by atoms with van der Waals surface area (Å²) in [5, 5.41) is 20.8. The van der Waals surface area contributed by atoms with Crippen LogP contribution in [0.2, 0.25) is 0 Å². The molecule has 26 heavy (non-hydrogen) atoms. The average molecular weight is 366 g/mol. The lowest BCUT2D eigenvalue weighted by Gasteiger charge is -2.19. The predicted octanol–water partition coefficient (Wildman–Crippen LogP) is -1.71. The number of hydrogen-bond donors (Lipinski definition) is 5. The van der Waals surface area contributed by atoms with Crippen molar-refractivity contribution in [1.29, 1.82) is 0 Å². The van der Waals surface area contributed by atoms with E-state index in [9.17, 15) is 19.8 Å². The van der Waals surface area contributed by atoms with Crippen molar-refractivity contribution in [3.8, 4) is 0 Å². The minimum Gasteiger partial charge on any atom is -0.387 e. The second-order valence-corrected chi connectivity index (χ2v) is 5.91. The van der Waals surface area contributed by atoms with Gasteiger partial charge in [0.2, 0.25) is 12.4 Å². The van der Waals surface area contributed by atoms with Gasteiger partial charge in [-0.1, -0.05) is 0 Å². The van der Waals surface area contributed by atoms with Gasteiger partial charge in [-0.25, -0.2) is 4.98 Å². The number of nitrogens with two attached hydrogens (primary N) is 1. The number of H-pyrrole nitrogens is 1. The minimum absolute atomic E-state index is 0.00856. The van der Waals surface area contributed by atoms with Crippen molar-refractivity contribution in [2.45, 2.75) is 38.4 Å². The molecule has 1 aliphatic heterocycles. The molecular formula is C14H18N6O6. The van der Waals surface area contributed by atoms with Crippen LogP contribution >= 0.6 is 0 Å². The summed E-state index contributed by atoms with van der Waals surface area (Å²) in [5.74, 6) is 0.0123. The van der Waals surface area contributed by atoms with E-state index in [4.69, 9.17) is 15.3 Å². The van der Waals surface area contributed by atoms with Gasteiger partial charge in [0.05, 0.1) is 6.33 Å². The van der Waals surface area contributed by atoms with Gasteiger partial charge in [0.15, 0.2) is 23.2 Å². The summed E-state index contributed by atoms with van der Waals surface area (Å²) in [6, 6.07) is 0. The normalized spacial score (nSPS) is 25.2. The Morgan fingerprint density at radius 2 is 2.19 bits per heavy atom. The van der Waals surface area contributed by atoms with Crippen LogP contribution in [0.25, 0.3) is 11.2 Å². The number of hydroxylamine groups is 1. The van der Waals surface area contributed by atoms with Gasteiger partial charge < -0.3 is 25.5 Å². The molecule has 1 fully saturated rings. The smallest absolute Gasteiger partial charge is 0.280 e. The molecule has 140 valence electrons. The fourth-order valence-corrected chi connectivity index (χ4v) is 2.77. The molecule has 1 amide bonds. The highest BCUT2D eigenvalue weighted by Gasteiger charge is 2.47. The molecule has 12 nitrogen and oxygen atoms in total. The number of rotatable bonds is 5. The van der Waals surface area contributed by atoms with Gasteiger partial charge in [-0.3, -0.25) is 19.1 Å². The summed E-state index contributed by atoms with van der Waals surface area (Å²) in [6.07, 6.45) is -3.35. The number of ether oxygens (including phenoxy) is 1. The monoisotopic (exact) mass is 366 g/mol. The Balaban J connectivity index is 1.99. The largest absolute Gasteiger partial charge is 0.387 e. The molecule has 6 N–H and O–H groups in total. The number of aromatic nitrogens is 4. The standard InChI is InChI=1S/C14H18N6O6/c1-5(2)9(26-17-4-21)10-7(22)8(23)13(25-10)20-3-16-6-11(20)18-14(15)19-12(6)24/h3-4,7-8,10,13,22-23H,1-2H3,(H,17,21)(H3,15,18,19,24)/t7-,8+,10-,13+/m0/s1.